The topological polar surface area (TPSA) is 102 Å². The molecule has 0 saturated heterocycles. The molecular formula is C29H24N2O5S2. The first-order valence-electron chi connectivity index (χ1n) is 11.6. The summed E-state index contributed by atoms with van der Waals surface area (Å²) in [4.78, 5) is 0.150. The Morgan fingerprint density at radius 1 is 0.526 bits per heavy atom. The van der Waals surface area contributed by atoms with Crippen molar-refractivity contribution in [2.75, 3.05) is 16.6 Å². The average molecular weight is 545 g/mol. The van der Waals surface area contributed by atoms with Crippen LogP contribution in [0.1, 0.15) is 0 Å². The second kappa shape index (κ2) is 10.2. The van der Waals surface area contributed by atoms with Crippen molar-refractivity contribution in [2.24, 2.45) is 0 Å². The molecule has 0 spiro atoms. The lowest BCUT2D eigenvalue weighted by atomic mass is 9.95. The minimum Gasteiger partial charge on any atom is -0.496 e. The van der Waals surface area contributed by atoms with Crippen molar-refractivity contribution >= 4 is 42.2 Å². The van der Waals surface area contributed by atoms with Crippen molar-refractivity contribution in [3.63, 3.8) is 0 Å². The summed E-state index contributed by atoms with van der Waals surface area (Å²) in [6.45, 7) is 0. The standard InChI is InChI=1S/C29H24N2O5S2/c1-36-27-20-19-21-11-8-9-16-24(21)28(27)29-25(30-37(32,33)22-12-4-2-5-13-22)17-10-18-26(29)31-38(34,35)23-14-6-3-7-15-23/h2-20,30-31H,1H3. The summed E-state index contributed by atoms with van der Waals surface area (Å²) >= 11 is 0. The van der Waals surface area contributed by atoms with Gasteiger partial charge in [0.05, 0.1) is 28.3 Å². The first kappa shape index (κ1) is 25.3. The number of anilines is 2. The van der Waals surface area contributed by atoms with Crippen LogP contribution in [0.25, 0.3) is 21.9 Å². The van der Waals surface area contributed by atoms with Crippen molar-refractivity contribution in [2.45, 2.75) is 9.79 Å². The molecule has 0 bridgehead atoms. The van der Waals surface area contributed by atoms with Gasteiger partial charge >= 0.3 is 0 Å². The van der Waals surface area contributed by atoms with Gasteiger partial charge in [0.25, 0.3) is 20.0 Å². The molecule has 7 nitrogen and oxygen atoms in total. The van der Waals surface area contributed by atoms with Crippen LogP contribution in [0.15, 0.2) is 125 Å². The Morgan fingerprint density at radius 3 is 1.55 bits per heavy atom. The van der Waals surface area contributed by atoms with Gasteiger partial charge in [0.1, 0.15) is 5.75 Å². The Labute approximate surface area is 221 Å². The van der Waals surface area contributed by atoms with Gasteiger partial charge in [-0.1, -0.05) is 72.8 Å². The Kier molecular flexibility index (Phi) is 6.79. The van der Waals surface area contributed by atoms with E-state index in [1.807, 2.05) is 30.3 Å². The van der Waals surface area contributed by atoms with Gasteiger partial charge in [-0.05, 0) is 53.2 Å². The Bertz CT molecular complexity index is 1730. The summed E-state index contributed by atoms with van der Waals surface area (Å²) in [5, 5.41) is 1.64. The van der Waals surface area contributed by atoms with Crippen molar-refractivity contribution in [3.8, 4) is 16.9 Å². The zero-order valence-electron chi connectivity index (χ0n) is 20.3. The fourth-order valence-electron chi connectivity index (χ4n) is 4.28. The lowest BCUT2D eigenvalue weighted by molar-refractivity contribution is 0.417. The minimum atomic E-state index is -4.00. The predicted octanol–water partition coefficient (Wildman–Crippen LogP) is 6.12. The van der Waals surface area contributed by atoms with Gasteiger partial charge in [0.15, 0.2) is 0 Å². The number of hydrogen-bond donors (Lipinski definition) is 2. The summed E-state index contributed by atoms with van der Waals surface area (Å²) in [6, 6.07) is 31.9. The van der Waals surface area contributed by atoms with Crippen LogP contribution in [-0.4, -0.2) is 23.9 Å². The summed E-state index contributed by atoms with van der Waals surface area (Å²) in [5.74, 6) is 0.454. The van der Waals surface area contributed by atoms with E-state index in [4.69, 9.17) is 4.74 Å². The zero-order valence-corrected chi connectivity index (χ0v) is 22.0. The van der Waals surface area contributed by atoms with Gasteiger partial charge < -0.3 is 4.74 Å². The molecule has 5 aromatic carbocycles. The normalized spacial score (nSPS) is 11.7. The van der Waals surface area contributed by atoms with E-state index < -0.39 is 20.0 Å². The third-order valence-electron chi connectivity index (χ3n) is 6.02. The van der Waals surface area contributed by atoms with Crippen LogP contribution in [-0.2, 0) is 20.0 Å². The highest BCUT2D eigenvalue weighted by atomic mass is 32.2. The number of methoxy groups -OCH3 is 1. The van der Waals surface area contributed by atoms with E-state index in [1.54, 1.807) is 60.7 Å². The fourth-order valence-corrected chi connectivity index (χ4v) is 6.46. The number of fused-ring (bicyclic) bond motifs is 1. The summed E-state index contributed by atoms with van der Waals surface area (Å²) in [5.41, 5.74) is 1.26. The molecule has 0 atom stereocenters. The number of hydrogen-bond acceptors (Lipinski definition) is 5. The molecule has 0 saturated carbocycles. The third-order valence-corrected chi connectivity index (χ3v) is 8.78. The molecule has 9 heteroatoms. The maximum absolute atomic E-state index is 13.3. The molecule has 0 heterocycles. The highest BCUT2D eigenvalue weighted by molar-refractivity contribution is 7.93. The first-order valence-corrected chi connectivity index (χ1v) is 14.6. The van der Waals surface area contributed by atoms with Crippen LogP contribution in [0.4, 0.5) is 11.4 Å². The largest absolute Gasteiger partial charge is 0.496 e. The quantitative estimate of drug-likeness (QED) is 0.245. The molecule has 0 aliphatic heterocycles. The maximum atomic E-state index is 13.3. The van der Waals surface area contributed by atoms with Gasteiger partial charge in [-0.15, -0.1) is 0 Å². The van der Waals surface area contributed by atoms with Crippen LogP contribution in [0.2, 0.25) is 0 Å². The second-order valence-corrected chi connectivity index (χ2v) is 11.8. The molecule has 0 aliphatic rings. The number of ether oxygens (including phenoxy) is 1. The Hall–Kier alpha value is -4.34. The van der Waals surface area contributed by atoms with Crippen molar-refractivity contribution in [3.05, 3.63) is 115 Å². The molecule has 5 rings (SSSR count). The highest BCUT2D eigenvalue weighted by Gasteiger charge is 2.24. The molecular weight excluding hydrogens is 520 g/mol. The fraction of sp³-hybridized carbons (Fsp3) is 0.0345. The van der Waals surface area contributed by atoms with Gasteiger partial charge in [0.2, 0.25) is 0 Å². The number of rotatable bonds is 8. The average Bonchev–Trinajstić information content (AvgIpc) is 2.93. The number of nitrogens with one attached hydrogen (secondary N) is 2. The van der Waals surface area contributed by atoms with E-state index in [-0.39, 0.29) is 21.2 Å². The SMILES string of the molecule is COc1ccc2ccccc2c1-c1c(NS(=O)(=O)c2ccccc2)cccc1NS(=O)(=O)c1ccccc1. The second-order valence-electron chi connectivity index (χ2n) is 8.43. The van der Waals surface area contributed by atoms with Crippen LogP contribution in [0.5, 0.6) is 5.75 Å². The Morgan fingerprint density at radius 2 is 1.03 bits per heavy atom. The Balaban J connectivity index is 1.77. The monoisotopic (exact) mass is 544 g/mol. The highest BCUT2D eigenvalue weighted by Crippen LogP contribution is 2.45. The minimum absolute atomic E-state index is 0.0751. The molecule has 0 radical (unpaired) electrons. The van der Waals surface area contributed by atoms with Crippen LogP contribution in [0, 0.1) is 0 Å². The maximum Gasteiger partial charge on any atom is 0.261 e. The molecule has 0 aromatic heterocycles. The van der Waals surface area contributed by atoms with Gasteiger partial charge in [-0.2, -0.15) is 0 Å². The van der Waals surface area contributed by atoms with Crippen molar-refractivity contribution in [1.82, 2.24) is 0 Å². The molecule has 0 unspecified atom stereocenters. The molecule has 5 aromatic rings. The predicted molar refractivity (Wildman–Crippen MR) is 150 cm³/mol. The van der Waals surface area contributed by atoms with E-state index in [2.05, 4.69) is 9.44 Å². The van der Waals surface area contributed by atoms with Crippen LogP contribution in [0.3, 0.4) is 0 Å². The van der Waals surface area contributed by atoms with Crippen molar-refractivity contribution < 1.29 is 21.6 Å². The van der Waals surface area contributed by atoms with Crippen LogP contribution < -0.4 is 14.2 Å². The summed E-state index contributed by atoms with van der Waals surface area (Å²) in [6.07, 6.45) is 0. The summed E-state index contributed by atoms with van der Waals surface area (Å²) in [7, 11) is -6.48. The molecule has 0 amide bonds. The van der Waals surface area contributed by atoms with E-state index in [1.165, 1.54) is 31.4 Å². The van der Waals surface area contributed by atoms with Gasteiger partial charge in [0, 0.05) is 11.1 Å². The van der Waals surface area contributed by atoms with Gasteiger partial charge in [-0.3, -0.25) is 9.44 Å². The van der Waals surface area contributed by atoms with E-state index in [9.17, 15) is 16.8 Å². The van der Waals surface area contributed by atoms with E-state index in [0.717, 1.165) is 10.8 Å². The first-order chi connectivity index (χ1) is 18.3. The van der Waals surface area contributed by atoms with E-state index >= 15 is 0 Å². The molecule has 0 fully saturated rings. The molecule has 38 heavy (non-hydrogen) atoms. The lowest BCUT2D eigenvalue weighted by Crippen LogP contribution is -2.16. The zero-order chi connectivity index (χ0) is 26.8. The summed E-state index contributed by atoms with van der Waals surface area (Å²) < 4.78 is 64.4. The molecule has 0 aliphatic carbocycles. The number of benzene rings is 5. The number of sulfonamides is 2. The van der Waals surface area contributed by atoms with Crippen molar-refractivity contribution in [1.29, 1.82) is 0 Å². The van der Waals surface area contributed by atoms with E-state index in [0.29, 0.717) is 16.9 Å². The molecule has 192 valence electrons. The van der Waals surface area contributed by atoms with Crippen LogP contribution >= 0.6 is 0 Å². The van der Waals surface area contributed by atoms with Gasteiger partial charge in [-0.25, -0.2) is 16.8 Å². The lowest BCUT2D eigenvalue weighted by Gasteiger charge is -2.21. The smallest absolute Gasteiger partial charge is 0.261 e. The third kappa shape index (κ3) is 4.93. The molecule has 2 N–H and O–H groups in total.